The molecule has 0 bridgehead atoms. The zero-order valence-electron chi connectivity index (χ0n) is 17.4. The number of piperazine rings is 1. The lowest BCUT2D eigenvalue weighted by Gasteiger charge is -2.33. The molecular formula is C22H23ClN6OS. The number of aromatic nitrogens is 3. The maximum atomic E-state index is 6.10. The third kappa shape index (κ3) is 4.66. The van der Waals surface area contributed by atoms with Gasteiger partial charge in [-0.05, 0) is 43.7 Å². The van der Waals surface area contributed by atoms with E-state index in [4.69, 9.17) is 21.3 Å². The van der Waals surface area contributed by atoms with Crippen LogP contribution in [0.4, 0.5) is 16.8 Å². The van der Waals surface area contributed by atoms with E-state index in [-0.39, 0.29) is 0 Å². The van der Waals surface area contributed by atoms with Gasteiger partial charge in [0.15, 0.2) is 5.13 Å². The molecule has 31 heavy (non-hydrogen) atoms. The van der Waals surface area contributed by atoms with Crippen molar-refractivity contribution >= 4 is 45.8 Å². The Morgan fingerprint density at radius 1 is 1.13 bits per heavy atom. The highest BCUT2D eigenvalue weighted by Crippen LogP contribution is 2.32. The second-order valence-electron chi connectivity index (χ2n) is 7.91. The van der Waals surface area contributed by atoms with Gasteiger partial charge < -0.3 is 19.9 Å². The fourth-order valence-corrected chi connectivity index (χ4v) is 4.62. The highest BCUT2D eigenvalue weighted by molar-refractivity contribution is 7.19. The molecule has 2 aromatic heterocycles. The van der Waals surface area contributed by atoms with Crippen LogP contribution in [0.1, 0.15) is 18.1 Å². The Morgan fingerprint density at radius 3 is 2.74 bits per heavy atom. The number of nitrogens with zero attached hydrogens (tertiary/aromatic N) is 5. The van der Waals surface area contributed by atoms with Gasteiger partial charge in [0.05, 0.1) is 6.20 Å². The van der Waals surface area contributed by atoms with Gasteiger partial charge in [0.25, 0.3) is 0 Å². The van der Waals surface area contributed by atoms with E-state index in [9.17, 15) is 0 Å². The van der Waals surface area contributed by atoms with Gasteiger partial charge in [-0.1, -0.05) is 40.7 Å². The fraction of sp³-hybridized carbons (Fsp3) is 0.318. The number of hydrogen-bond acceptors (Lipinski definition) is 8. The van der Waals surface area contributed by atoms with E-state index in [0.717, 1.165) is 44.2 Å². The van der Waals surface area contributed by atoms with Crippen LogP contribution >= 0.6 is 22.9 Å². The smallest absolute Gasteiger partial charge is 0.325 e. The number of halogens is 1. The van der Waals surface area contributed by atoms with E-state index < -0.39 is 0 Å². The first-order chi connectivity index (χ1) is 15.0. The third-order valence-electron chi connectivity index (χ3n) is 5.43. The minimum absolute atomic E-state index is 0.306. The lowest BCUT2D eigenvalue weighted by molar-refractivity contribution is 0.311. The van der Waals surface area contributed by atoms with Gasteiger partial charge >= 0.3 is 6.01 Å². The molecule has 7 nitrogen and oxygen atoms in total. The largest absolute Gasteiger partial charge is 0.424 e. The maximum Gasteiger partial charge on any atom is 0.325 e. The lowest BCUT2D eigenvalue weighted by atomic mass is 10.1. The van der Waals surface area contributed by atoms with Crippen LogP contribution in [0, 0.1) is 0 Å². The second kappa shape index (κ2) is 8.45. The van der Waals surface area contributed by atoms with Crippen molar-refractivity contribution in [3.63, 3.8) is 0 Å². The van der Waals surface area contributed by atoms with Gasteiger partial charge in [-0.15, -0.1) is 0 Å². The summed E-state index contributed by atoms with van der Waals surface area (Å²) in [5.74, 6) is 2.19. The van der Waals surface area contributed by atoms with Crippen LogP contribution in [-0.2, 0) is 6.42 Å². The Kier molecular flexibility index (Phi) is 5.52. The zero-order chi connectivity index (χ0) is 21.4. The Bertz CT molecular complexity index is 1140. The van der Waals surface area contributed by atoms with Gasteiger partial charge in [-0.25, -0.2) is 4.98 Å². The number of benzene rings is 1. The van der Waals surface area contributed by atoms with Crippen molar-refractivity contribution < 1.29 is 4.74 Å². The molecule has 3 aromatic rings. The SMILES string of the molecule is CC1=Cc2cc(Oc3nc(Nc4ncc(Cl)s4)cc(N4CCN(C)CC4)n3)ccc2C1. The number of allylic oxidation sites excluding steroid dienone is 1. The van der Waals surface area contributed by atoms with E-state index in [0.29, 0.717) is 21.3 Å². The van der Waals surface area contributed by atoms with Crippen LogP contribution in [0.3, 0.4) is 0 Å². The van der Waals surface area contributed by atoms with E-state index in [1.807, 2.05) is 18.2 Å². The third-order valence-corrected chi connectivity index (χ3v) is 6.46. The molecule has 160 valence electrons. The molecule has 0 amide bonds. The first kappa shape index (κ1) is 20.2. The summed E-state index contributed by atoms with van der Waals surface area (Å²) in [6.07, 6.45) is 4.81. The number of nitrogens with one attached hydrogen (secondary N) is 1. The summed E-state index contributed by atoms with van der Waals surface area (Å²) >= 11 is 7.39. The molecule has 1 fully saturated rings. The van der Waals surface area contributed by atoms with Gasteiger partial charge in [0.1, 0.15) is 21.7 Å². The quantitative estimate of drug-likeness (QED) is 0.592. The van der Waals surface area contributed by atoms with Gasteiger partial charge in [0.2, 0.25) is 0 Å². The van der Waals surface area contributed by atoms with Gasteiger partial charge in [-0.2, -0.15) is 9.97 Å². The molecule has 1 aliphatic carbocycles. The molecule has 1 N–H and O–H groups in total. The second-order valence-corrected chi connectivity index (χ2v) is 9.57. The minimum atomic E-state index is 0.306. The number of likely N-dealkylation sites (N-methyl/N-ethyl adjacent to an activating group) is 1. The van der Waals surface area contributed by atoms with Crippen LogP contribution in [0.15, 0.2) is 36.0 Å². The maximum absolute atomic E-state index is 6.10. The Hall–Kier alpha value is -2.68. The molecule has 2 aliphatic rings. The average molecular weight is 455 g/mol. The number of anilines is 3. The summed E-state index contributed by atoms with van der Waals surface area (Å²) in [5, 5.41) is 3.91. The molecule has 0 unspecified atom stereocenters. The first-order valence-electron chi connectivity index (χ1n) is 10.2. The van der Waals surface area contributed by atoms with Crippen molar-refractivity contribution in [1.82, 2.24) is 19.9 Å². The number of ether oxygens (including phenoxy) is 1. The van der Waals surface area contributed by atoms with Crippen LogP contribution in [0.5, 0.6) is 11.8 Å². The average Bonchev–Trinajstić information content (AvgIpc) is 3.32. The lowest BCUT2D eigenvalue weighted by Crippen LogP contribution is -2.44. The highest BCUT2D eigenvalue weighted by atomic mass is 35.5. The number of thiazole rings is 1. The van der Waals surface area contributed by atoms with Crippen molar-refractivity contribution in [2.75, 3.05) is 43.4 Å². The minimum Gasteiger partial charge on any atom is -0.424 e. The van der Waals surface area contributed by atoms with E-state index in [1.165, 1.54) is 28.0 Å². The zero-order valence-corrected chi connectivity index (χ0v) is 19.0. The van der Waals surface area contributed by atoms with Crippen molar-refractivity contribution in [1.29, 1.82) is 0 Å². The van der Waals surface area contributed by atoms with Gasteiger partial charge in [0, 0.05) is 32.2 Å². The Morgan fingerprint density at radius 2 is 1.97 bits per heavy atom. The molecule has 5 rings (SSSR count). The summed E-state index contributed by atoms with van der Waals surface area (Å²) in [6, 6.07) is 8.37. The monoisotopic (exact) mass is 454 g/mol. The van der Waals surface area contributed by atoms with Crippen molar-refractivity contribution in [2.45, 2.75) is 13.3 Å². The van der Waals surface area contributed by atoms with E-state index in [2.05, 4.69) is 51.2 Å². The number of hydrogen-bond donors (Lipinski definition) is 1. The van der Waals surface area contributed by atoms with Crippen LogP contribution in [0.25, 0.3) is 6.08 Å². The molecular weight excluding hydrogens is 432 g/mol. The molecule has 1 aliphatic heterocycles. The summed E-state index contributed by atoms with van der Waals surface area (Å²) < 4.78 is 6.72. The normalized spacial score (nSPS) is 16.2. The van der Waals surface area contributed by atoms with Gasteiger partial charge in [-0.3, -0.25) is 0 Å². The Labute approximate surface area is 190 Å². The van der Waals surface area contributed by atoms with Crippen molar-refractivity contribution in [3.8, 4) is 11.8 Å². The van der Waals surface area contributed by atoms with E-state index >= 15 is 0 Å². The van der Waals surface area contributed by atoms with Crippen LogP contribution < -0.4 is 15.0 Å². The molecule has 0 radical (unpaired) electrons. The fourth-order valence-electron chi connectivity index (χ4n) is 3.80. The molecule has 0 atom stereocenters. The predicted molar refractivity (Wildman–Crippen MR) is 126 cm³/mol. The summed E-state index contributed by atoms with van der Waals surface area (Å²) in [4.78, 5) is 18.1. The Balaban J connectivity index is 1.44. The number of fused-ring (bicyclic) bond motifs is 1. The standard InChI is InChI=1S/C22H23ClN6OS/c1-14-9-15-3-4-17(11-16(15)10-14)30-21-25-19(26-22-24-13-18(23)31-22)12-20(27-21)29-7-5-28(2)6-8-29/h3-4,10-13H,5-9H2,1-2H3,(H,24,25,26,27). The van der Waals surface area contributed by atoms with Crippen molar-refractivity contribution in [3.05, 3.63) is 51.5 Å². The molecule has 3 heterocycles. The molecule has 1 saturated heterocycles. The first-order valence-corrected chi connectivity index (χ1v) is 11.4. The van der Waals surface area contributed by atoms with Crippen molar-refractivity contribution in [2.24, 2.45) is 0 Å². The highest BCUT2D eigenvalue weighted by Gasteiger charge is 2.19. The molecule has 0 saturated carbocycles. The summed E-state index contributed by atoms with van der Waals surface area (Å²) in [5.41, 5.74) is 3.87. The van der Waals surface area contributed by atoms with Crippen LogP contribution in [-0.4, -0.2) is 53.1 Å². The molecule has 9 heteroatoms. The predicted octanol–water partition coefficient (Wildman–Crippen LogP) is 4.83. The van der Waals surface area contributed by atoms with Crippen LogP contribution in [0.2, 0.25) is 4.34 Å². The molecule has 1 aromatic carbocycles. The summed E-state index contributed by atoms with van der Waals surface area (Å²) in [6.45, 7) is 5.92. The summed E-state index contributed by atoms with van der Waals surface area (Å²) in [7, 11) is 2.13. The number of rotatable bonds is 5. The molecule has 0 spiro atoms. The topological polar surface area (TPSA) is 66.4 Å². The van der Waals surface area contributed by atoms with E-state index in [1.54, 1.807) is 6.20 Å².